The highest BCUT2D eigenvalue weighted by atomic mass is 19.1. The molecule has 3 aliphatic heterocycles. The van der Waals surface area contributed by atoms with Crippen LogP contribution in [0.15, 0.2) is 36.4 Å². The second-order valence-electron chi connectivity index (χ2n) is 13.8. The number of rotatable bonds is 7. The predicted molar refractivity (Wildman–Crippen MR) is 175 cm³/mol. The fraction of sp³-hybridized carbons (Fsp3) is 0.444. The number of phenols is 1. The number of benzene rings is 3. The van der Waals surface area contributed by atoms with Crippen molar-refractivity contribution in [1.82, 2.24) is 25.1 Å². The molecule has 2 bridgehead atoms. The van der Waals surface area contributed by atoms with Crippen LogP contribution in [-0.2, 0) is 0 Å². The molecule has 3 saturated heterocycles. The number of piperazine rings is 1. The van der Waals surface area contributed by atoms with Crippen LogP contribution in [0.25, 0.3) is 32.8 Å². The summed E-state index contributed by atoms with van der Waals surface area (Å²) < 4.78 is 38.1. The van der Waals surface area contributed by atoms with E-state index in [9.17, 15) is 9.50 Å². The Bertz CT molecular complexity index is 1880. The fourth-order valence-corrected chi connectivity index (χ4v) is 7.78. The number of ether oxygens (including phenoxy) is 1. The van der Waals surface area contributed by atoms with E-state index in [0.29, 0.717) is 46.2 Å². The summed E-state index contributed by atoms with van der Waals surface area (Å²) in [6.45, 7) is 6.10. The minimum Gasteiger partial charge on any atom is -0.508 e. The fourth-order valence-electron chi connectivity index (χ4n) is 7.78. The number of aromatic nitrogens is 2. The van der Waals surface area contributed by atoms with Crippen molar-refractivity contribution in [2.75, 3.05) is 57.9 Å². The Balaban J connectivity index is 1.21. The minimum atomic E-state index is -0.597. The minimum absolute atomic E-state index is 0.0188. The molecule has 2 unspecified atom stereocenters. The molecule has 8 nitrogen and oxygen atoms in total. The van der Waals surface area contributed by atoms with Crippen LogP contribution < -0.4 is 15.0 Å². The second-order valence-corrected chi connectivity index (χ2v) is 13.8. The number of hydrogen-bond acceptors (Lipinski definition) is 8. The van der Waals surface area contributed by atoms with E-state index < -0.39 is 11.6 Å². The Labute approximate surface area is 267 Å². The maximum absolute atomic E-state index is 16.9. The highest BCUT2D eigenvalue weighted by Crippen LogP contribution is 2.47. The third-order valence-electron chi connectivity index (χ3n) is 10.2. The van der Waals surface area contributed by atoms with Crippen LogP contribution in [0.1, 0.15) is 37.7 Å². The number of terminal acetylenes is 1. The Hall–Kier alpha value is -4.04. The monoisotopic (exact) mass is 624 g/mol. The van der Waals surface area contributed by atoms with Gasteiger partial charge in [0, 0.05) is 66.6 Å². The number of hydrogen-bond donors (Lipinski definition) is 2. The van der Waals surface area contributed by atoms with Crippen LogP contribution in [0, 0.1) is 29.4 Å². The average Bonchev–Trinajstić information content (AvgIpc) is 3.73. The Morgan fingerprint density at radius 1 is 1.07 bits per heavy atom. The van der Waals surface area contributed by atoms with Crippen molar-refractivity contribution in [3.8, 4) is 35.2 Å². The van der Waals surface area contributed by atoms with E-state index in [2.05, 4.69) is 38.0 Å². The highest BCUT2D eigenvalue weighted by Gasteiger charge is 2.45. The Kier molecular flexibility index (Phi) is 7.24. The largest absolute Gasteiger partial charge is 0.508 e. The SMILES string of the molecule is C#Cc1c(F)ccc2cc(O)cc(-c3ccc4c(N5CC6CCC(C5)N6)nc(OCC5(CN6CCCN(C)C6)CC5)nc4c3F)c12. The van der Waals surface area contributed by atoms with E-state index >= 15 is 4.39 Å². The van der Waals surface area contributed by atoms with Crippen LogP contribution in [0.5, 0.6) is 11.8 Å². The van der Waals surface area contributed by atoms with Crippen LogP contribution in [0.4, 0.5) is 14.6 Å². The molecule has 1 aliphatic carbocycles. The number of nitrogens with one attached hydrogen (secondary N) is 1. The van der Waals surface area contributed by atoms with Gasteiger partial charge in [-0.05, 0) is 74.4 Å². The number of anilines is 1. The zero-order chi connectivity index (χ0) is 31.6. The summed E-state index contributed by atoms with van der Waals surface area (Å²) in [5, 5.41) is 15.7. The maximum Gasteiger partial charge on any atom is 0.319 e. The van der Waals surface area contributed by atoms with Crippen molar-refractivity contribution in [2.45, 2.75) is 44.2 Å². The van der Waals surface area contributed by atoms with Crippen molar-refractivity contribution in [3.63, 3.8) is 0 Å². The summed E-state index contributed by atoms with van der Waals surface area (Å²) in [5.41, 5.74) is 0.653. The van der Waals surface area contributed by atoms with Crippen LogP contribution in [-0.4, -0.2) is 90.0 Å². The van der Waals surface area contributed by atoms with Gasteiger partial charge in [-0.3, -0.25) is 9.80 Å². The summed E-state index contributed by atoms with van der Waals surface area (Å²) >= 11 is 0. The number of halogens is 2. The number of phenolic OH excluding ortho intramolecular Hbond substituents is 1. The number of nitrogens with zero attached hydrogens (tertiary/aromatic N) is 5. The first kappa shape index (κ1) is 29.4. The molecular weight excluding hydrogens is 586 g/mol. The summed E-state index contributed by atoms with van der Waals surface area (Å²) in [6.07, 6.45) is 11.2. The van der Waals surface area contributed by atoms with E-state index in [0.717, 1.165) is 71.5 Å². The van der Waals surface area contributed by atoms with E-state index in [-0.39, 0.29) is 33.8 Å². The highest BCUT2D eigenvalue weighted by molar-refractivity contribution is 6.04. The Morgan fingerprint density at radius 3 is 2.61 bits per heavy atom. The molecule has 46 heavy (non-hydrogen) atoms. The van der Waals surface area contributed by atoms with Gasteiger partial charge in [-0.15, -0.1) is 6.42 Å². The molecule has 4 heterocycles. The van der Waals surface area contributed by atoms with Crippen molar-refractivity contribution in [3.05, 3.63) is 53.6 Å². The van der Waals surface area contributed by atoms with Crippen molar-refractivity contribution in [1.29, 1.82) is 0 Å². The first-order valence-corrected chi connectivity index (χ1v) is 16.3. The molecule has 1 aromatic heterocycles. The van der Waals surface area contributed by atoms with Crippen molar-refractivity contribution < 1.29 is 18.6 Å². The molecule has 2 N–H and O–H groups in total. The maximum atomic E-state index is 16.9. The summed E-state index contributed by atoms with van der Waals surface area (Å²) in [7, 11) is 2.15. The van der Waals surface area contributed by atoms with Crippen LogP contribution in [0.3, 0.4) is 0 Å². The lowest BCUT2D eigenvalue weighted by Crippen LogP contribution is -2.51. The molecule has 1 saturated carbocycles. The zero-order valence-electron chi connectivity index (χ0n) is 26.0. The molecular formula is C36H38F2N6O2. The zero-order valence-corrected chi connectivity index (χ0v) is 26.0. The number of aromatic hydroxyl groups is 1. The summed E-state index contributed by atoms with van der Waals surface area (Å²) in [4.78, 5) is 16.6. The standard InChI is InChI=1S/C36H38F2N6O2/c1-3-26-30(37)10-5-22-15-25(45)16-29(31(22)26)27-8-9-28-33(32(27)38)40-35(41-34(28)44-17-23-6-7-24(18-44)39-23)46-20-36(11-12-36)19-43-14-4-13-42(2)21-43/h1,5,8-10,15-16,23-24,39,45H,4,6-7,11-14,17-21H2,2H3. The molecule has 8 rings (SSSR count). The van der Waals surface area contributed by atoms with E-state index in [1.54, 1.807) is 6.07 Å². The lowest BCUT2D eigenvalue weighted by molar-refractivity contribution is 0.0728. The predicted octanol–water partition coefficient (Wildman–Crippen LogP) is 5.11. The molecule has 10 heteroatoms. The third-order valence-corrected chi connectivity index (χ3v) is 10.2. The topological polar surface area (TPSA) is 77.0 Å². The van der Waals surface area contributed by atoms with E-state index in [4.69, 9.17) is 16.1 Å². The van der Waals surface area contributed by atoms with Gasteiger partial charge >= 0.3 is 6.01 Å². The lowest BCUT2D eigenvalue weighted by atomic mass is 9.93. The van der Waals surface area contributed by atoms with Gasteiger partial charge in [-0.2, -0.15) is 9.97 Å². The van der Waals surface area contributed by atoms with Gasteiger partial charge in [0.1, 0.15) is 22.9 Å². The summed E-state index contributed by atoms with van der Waals surface area (Å²) in [6, 6.07) is 10.0. The molecule has 3 aromatic carbocycles. The molecule has 0 amide bonds. The normalized spacial score (nSPS) is 22.8. The van der Waals surface area contributed by atoms with Gasteiger partial charge in [0.2, 0.25) is 0 Å². The van der Waals surface area contributed by atoms with Gasteiger partial charge in [-0.25, -0.2) is 8.78 Å². The lowest BCUT2D eigenvalue weighted by Gasteiger charge is -2.35. The van der Waals surface area contributed by atoms with Crippen molar-refractivity contribution >= 4 is 27.5 Å². The Morgan fingerprint density at radius 2 is 1.87 bits per heavy atom. The van der Waals surface area contributed by atoms with Crippen LogP contribution >= 0.6 is 0 Å². The first-order chi connectivity index (χ1) is 22.3. The second kappa shape index (κ2) is 11.3. The third kappa shape index (κ3) is 5.30. The van der Waals surface area contributed by atoms with E-state index in [1.165, 1.54) is 24.3 Å². The molecule has 238 valence electrons. The molecule has 0 radical (unpaired) electrons. The molecule has 4 aromatic rings. The average molecular weight is 625 g/mol. The van der Waals surface area contributed by atoms with Gasteiger partial charge in [0.05, 0.1) is 18.8 Å². The first-order valence-electron chi connectivity index (χ1n) is 16.3. The molecule has 4 aliphatic rings. The molecule has 2 atom stereocenters. The van der Waals surface area contributed by atoms with Gasteiger partial charge in [-0.1, -0.05) is 18.1 Å². The van der Waals surface area contributed by atoms with Gasteiger partial charge < -0.3 is 20.1 Å². The van der Waals surface area contributed by atoms with Gasteiger partial charge in [0.15, 0.2) is 5.82 Å². The smallest absolute Gasteiger partial charge is 0.319 e. The summed E-state index contributed by atoms with van der Waals surface area (Å²) in [5.74, 6) is 1.83. The quantitative estimate of drug-likeness (QED) is 0.275. The molecule has 4 fully saturated rings. The van der Waals surface area contributed by atoms with Crippen LogP contribution in [0.2, 0.25) is 0 Å². The molecule has 0 spiro atoms. The van der Waals surface area contributed by atoms with Gasteiger partial charge in [0.25, 0.3) is 0 Å². The number of fused-ring (bicyclic) bond motifs is 4. The van der Waals surface area contributed by atoms with Crippen molar-refractivity contribution in [2.24, 2.45) is 5.41 Å². The van der Waals surface area contributed by atoms with E-state index in [1.807, 2.05) is 6.07 Å².